The first-order valence-electron chi connectivity index (χ1n) is 3.27. The molecular weight excluding hydrogens is 254 g/mol. The van der Waals surface area contributed by atoms with Crippen LogP contribution >= 0.6 is 34.8 Å². The van der Waals surface area contributed by atoms with Crippen molar-refractivity contribution in [3.63, 3.8) is 0 Å². The van der Waals surface area contributed by atoms with Gasteiger partial charge in [0.15, 0.2) is 0 Å². The van der Waals surface area contributed by atoms with E-state index in [0.29, 0.717) is 0 Å². The Kier molecular flexibility index (Phi) is 5.26. The Morgan fingerprint density at radius 1 is 1.21 bits per heavy atom. The topological polar surface area (TPSA) is 52.6 Å². The molecule has 0 rings (SSSR count). The van der Waals surface area contributed by atoms with Crippen LogP contribution in [-0.2, 0) is 19.1 Å². The summed E-state index contributed by atoms with van der Waals surface area (Å²) in [6.07, 6.45) is 0.857. The second-order valence-electron chi connectivity index (χ2n) is 2.09. The molecule has 0 unspecified atom stereocenters. The van der Waals surface area contributed by atoms with E-state index in [4.69, 9.17) is 34.8 Å². The Balaban J connectivity index is 4.96. The maximum atomic E-state index is 11.3. The first kappa shape index (κ1) is 13.5. The maximum Gasteiger partial charge on any atom is 0.344 e. The molecule has 0 aromatic carbocycles. The van der Waals surface area contributed by atoms with Gasteiger partial charge >= 0.3 is 5.97 Å². The van der Waals surface area contributed by atoms with E-state index in [2.05, 4.69) is 9.47 Å². The fourth-order valence-electron chi connectivity index (χ4n) is 0.575. The molecule has 0 atom stereocenters. The largest absolute Gasteiger partial charge is 0.503 e. The number of carbonyl (C=O) groups excluding carboxylic acids is 2. The Bertz CT molecular complexity index is 267. The zero-order chi connectivity index (χ0) is 11.4. The van der Waals surface area contributed by atoms with Gasteiger partial charge in [0.05, 0.1) is 14.2 Å². The van der Waals surface area contributed by atoms with Crippen molar-refractivity contribution in [2.45, 2.75) is 3.79 Å². The molecule has 0 aliphatic rings. The number of hydrogen-bond acceptors (Lipinski definition) is 4. The summed E-state index contributed by atoms with van der Waals surface area (Å²) in [5, 5.41) is 0. The number of methoxy groups -OCH3 is 2. The molecule has 0 spiro atoms. The molecule has 0 amide bonds. The van der Waals surface area contributed by atoms with Gasteiger partial charge in [0.1, 0.15) is 11.8 Å². The van der Waals surface area contributed by atoms with Crippen molar-refractivity contribution in [2.24, 2.45) is 0 Å². The Hall–Kier alpha value is -0.450. The highest BCUT2D eigenvalue weighted by Crippen LogP contribution is 2.30. The van der Waals surface area contributed by atoms with Gasteiger partial charge in [-0.15, -0.1) is 0 Å². The van der Waals surface area contributed by atoms with Gasteiger partial charge in [-0.05, 0) is 0 Å². The highest BCUT2D eigenvalue weighted by Gasteiger charge is 2.37. The number of carbonyl (C=O) groups is 2. The van der Waals surface area contributed by atoms with Gasteiger partial charge < -0.3 is 9.47 Å². The number of ether oxygens (including phenoxy) is 2. The molecule has 0 aliphatic carbocycles. The van der Waals surface area contributed by atoms with Gasteiger partial charge in [-0.2, -0.15) is 0 Å². The molecular formula is C7H7Cl3O4. The normalized spacial score (nSPS) is 12.2. The SMILES string of the molecule is COC=C(C(=O)OC)C(=O)C(Cl)(Cl)Cl. The van der Waals surface area contributed by atoms with Crippen molar-refractivity contribution >= 4 is 46.6 Å². The third-order valence-corrected chi connectivity index (χ3v) is 1.66. The van der Waals surface area contributed by atoms with Crippen LogP contribution in [-0.4, -0.2) is 29.8 Å². The Morgan fingerprint density at radius 2 is 1.71 bits per heavy atom. The monoisotopic (exact) mass is 260 g/mol. The number of alkyl halides is 3. The molecule has 0 aliphatic heterocycles. The van der Waals surface area contributed by atoms with Gasteiger partial charge in [0.2, 0.25) is 5.78 Å². The lowest BCUT2D eigenvalue weighted by molar-refractivity contribution is -0.137. The maximum absolute atomic E-state index is 11.3. The number of ketones is 1. The standard InChI is InChI=1S/C7H7Cl3O4/c1-13-3-4(6(12)14-2)5(11)7(8,9)10/h3H,1-2H3. The number of esters is 1. The van der Waals surface area contributed by atoms with Crippen LogP contribution in [0, 0.1) is 0 Å². The van der Waals surface area contributed by atoms with Gasteiger partial charge in [-0.25, -0.2) is 4.79 Å². The molecule has 80 valence electrons. The smallest absolute Gasteiger partial charge is 0.344 e. The fourth-order valence-corrected chi connectivity index (χ4v) is 0.880. The van der Waals surface area contributed by atoms with Crippen LogP contribution in [0.15, 0.2) is 11.8 Å². The van der Waals surface area contributed by atoms with Gasteiger partial charge in [0.25, 0.3) is 3.79 Å². The summed E-state index contributed by atoms with van der Waals surface area (Å²) in [6.45, 7) is 0. The predicted octanol–water partition coefficient (Wildman–Crippen LogP) is 1.63. The van der Waals surface area contributed by atoms with Crippen LogP contribution in [0.4, 0.5) is 0 Å². The van der Waals surface area contributed by atoms with E-state index >= 15 is 0 Å². The van der Waals surface area contributed by atoms with Crippen molar-refractivity contribution in [1.29, 1.82) is 0 Å². The van der Waals surface area contributed by atoms with Crippen LogP contribution in [0.1, 0.15) is 0 Å². The van der Waals surface area contributed by atoms with Crippen LogP contribution in [0.3, 0.4) is 0 Å². The summed E-state index contributed by atoms with van der Waals surface area (Å²) in [7, 11) is 2.34. The van der Waals surface area contributed by atoms with E-state index in [9.17, 15) is 9.59 Å². The molecule has 14 heavy (non-hydrogen) atoms. The average molecular weight is 261 g/mol. The van der Waals surface area contributed by atoms with Gasteiger partial charge in [-0.1, -0.05) is 34.8 Å². The molecule has 0 aromatic heterocycles. The zero-order valence-electron chi connectivity index (χ0n) is 7.34. The molecule has 0 saturated carbocycles. The van der Waals surface area contributed by atoms with Crippen molar-refractivity contribution in [1.82, 2.24) is 0 Å². The summed E-state index contributed by atoms with van der Waals surface area (Å²) in [5.74, 6) is -1.93. The minimum Gasteiger partial charge on any atom is -0.503 e. The van der Waals surface area contributed by atoms with Crippen LogP contribution in [0.2, 0.25) is 0 Å². The lowest BCUT2D eigenvalue weighted by Crippen LogP contribution is -2.26. The molecule has 0 aromatic rings. The highest BCUT2D eigenvalue weighted by molar-refractivity contribution is 6.78. The van der Waals surface area contributed by atoms with E-state index in [1.807, 2.05) is 0 Å². The fraction of sp³-hybridized carbons (Fsp3) is 0.429. The summed E-state index contributed by atoms with van der Waals surface area (Å²) < 4.78 is 6.57. The molecule has 0 radical (unpaired) electrons. The third-order valence-electron chi connectivity index (χ3n) is 1.14. The summed E-state index contributed by atoms with van der Waals surface area (Å²) in [6, 6.07) is 0. The van der Waals surface area contributed by atoms with E-state index in [1.165, 1.54) is 7.11 Å². The average Bonchev–Trinajstić information content (AvgIpc) is 2.10. The summed E-state index contributed by atoms with van der Waals surface area (Å²) in [4.78, 5) is 22.3. The first-order valence-corrected chi connectivity index (χ1v) is 4.40. The van der Waals surface area contributed by atoms with Crippen molar-refractivity contribution in [3.05, 3.63) is 11.8 Å². The van der Waals surface area contributed by atoms with E-state index < -0.39 is 21.1 Å². The number of hydrogen-bond donors (Lipinski definition) is 0. The summed E-state index contributed by atoms with van der Waals surface area (Å²) in [5.41, 5.74) is -0.463. The minimum absolute atomic E-state index is 0.463. The molecule has 0 heterocycles. The van der Waals surface area contributed by atoms with Crippen molar-refractivity contribution < 1.29 is 19.1 Å². The molecule has 0 saturated heterocycles. The Labute approximate surface area is 95.7 Å². The quantitative estimate of drug-likeness (QED) is 0.193. The first-order chi connectivity index (χ1) is 6.34. The third kappa shape index (κ3) is 3.74. The van der Waals surface area contributed by atoms with E-state index in [0.717, 1.165) is 13.4 Å². The minimum atomic E-state index is -2.21. The lowest BCUT2D eigenvalue weighted by Gasteiger charge is -2.10. The number of rotatable bonds is 3. The van der Waals surface area contributed by atoms with Crippen molar-refractivity contribution in [2.75, 3.05) is 14.2 Å². The number of Topliss-reactive ketones (excluding diaryl/α,β-unsaturated/α-hetero) is 1. The van der Waals surface area contributed by atoms with Crippen LogP contribution in [0.25, 0.3) is 0 Å². The molecule has 0 fully saturated rings. The molecule has 7 heteroatoms. The van der Waals surface area contributed by atoms with Gasteiger partial charge in [0, 0.05) is 0 Å². The van der Waals surface area contributed by atoms with Crippen LogP contribution < -0.4 is 0 Å². The Morgan fingerprint density at radius 3 is 2.00 bits per heavy atom. The number of halogens is 3. The predicted molar refractivity (Wildman–Crippen MR) is 52.4 cm³/mol. The molecule has 4 nitrogen and oxygen atoms in total. The second-order valence-corrected chi connectivity index (χ2v) is 4.37. The molecule has 0 bridgehead atoms. The highest BCUT2D eigenvalue weighted by atomic mass is 35.6. The van der Waals surface area contributed by atoms with E-state index in [1.54, 1.807) is 0 Å². The summed E-state index contributed by atoms with van der Waals surface area (Å²) >= 11 is 15.9. The second kappa shape index (κ2) is 5.44. The molecule has 0 N–H and O–H groups in total. The van der Waals surface area contributed by atoms with Crippen LogP contribution in [0.5, 0.6) is 0 Å². The zero-order valence-corrected chi connectivity index (χ0v) is 9.61. The van der Waals surface area contributed by atoms with Gasteiger partial charge in [-0.3, -0.25) is 4.79 Å². The van der Waals surface area contributed by atoms with Crippen molar-refractivity contribution in [3.8, 4) is 0 Å². The van der Waals surface area contributed by atoms with E-state index in [-0.39, 0.29) is 0 Å². The lowest BCUT2D eigenvalue weighted by atomic mass is 10.2.